The Bertz CT molecular complexity index is 347. The van der Waals surface area contributed by atoms with Gasteiger partial charge in [0, 0.05) is 6.42 Å². The molecule has 0 aliphatic carbocycles. The summed E-state index contributed by atoms with van der Waals surface area (Å²) in [5.74, 6) is -0.450. The minimum Gasteiger partial charge on any atom is -0.347 e. The van der Waals surface area contributed by atoms with Crippen molar-refractivity contribution in [2.24, 2.45) is 0 Å². The molecule has 0 radical (unpaired) electrons. The van der Waals surface area contributed by atoms with Crippen molar-refractivity contribution in [2.75, 3.05) is 6.61 Å². The fourth-order valence-electron chi connectivity index (χ4n) is 1.95. The number of rotatable bonds is 4. The molecule has 0 amide bonds. The number of hydrogen-bond donors (Lipinski definition) is 0. The monoisotopic (exact) mass is 218 g/mol. The molecule has 1 aromatic carbocycles. The molecule has 1 aliphatic heterocycles. The third kappa shape index (κ3) is 2.52. The van der Waals surface area contributed by atoms with E-state index >= 15 is 0 Å². The van der Waals surface area contributed by atoms with Gasteiger partial charge in [-0.3, -0.25) is 0 Å². The molecule has 0 saturated carbocycles. The predicted octanol–water partition coefficient (Wildman–Crippen LogP) is 3.46. The zero-order valence-electron chi connectivity index (χ0n) is 9.69. The van der Waals surface area contributed by atoms with Crippen molar-refractivity contribution < 1.29 is 9.47 Å². The van der Waals surface area contributed by atoms with Crippen LogP contribution in [0.3, 0.4) is 0 Å². The molecule has 1 saturated heterocycles. The largest absolute Gasteiger partial charge is 0.347 e. The minimum atomic E-state index is -0.450. The van der Waals surface area contributed by atoms with Gasteiger partial charge >= 0.3 is 0 Å². The summed E-state index contributed by atoms with van der Waals surface area (Å²) in [7, 11) is 0. The molecule has 2 rings (SSSR count). The first-order valence-electron chi connectivity index (χ1n) is 5.71. The van der Waals surface area contributed by atoms with Crippen LogP contribution in [0.5, 0.6) is 0 Å². The Kier molecular flexibility index (Phi) is 3.42. The van der Waals surface area contributed by atoms with Crippen molar-refractivity contribution in [3.05, 3.63) is 48.6 Å². The summed E-state index contributed by atoms with van der Waals surface area (Å²) in [6.07, 6.45) is 3.74. The smallest absolute Gasteiger partial charge is 0.166 e. The lowest BCUT2D eigenvalue weighted by atomic mass is 10.1. The molecule has 0 N–H and O–H groups in total. The standard InChI is InChI=1S/C14H18O2/c1-3-4-10-14(2)15-11-13(16-14)12-8-6-5-7-9-12/h3,5-9,13H,1,4,10-11H2,2H3/t13-,14+/m0/s1. The van der Waals surface area contributed by atoms with E-state index in [1.807, 2.05) is 31.2 Å². The number of benzene rings is 1. The van der Waals surface area contributed by atoms with E-state index in [0.29, 0.717) is 6.61 Å². The lowest BCUT2D eigenvalue weighted by Crippen LogP contribution is -2.25. The number of ether oxygens (including phenoxy) is 2. The summed E-state index contributed by atoms with van der Waals surface area (Å²) < 4.78 is 11.7. The van der Waals surface area contributed by atoms with Gasteiger partial charge in [-0.25, -0.2) is 0 Å². The van der Waals surface area contributed by atoms with Crippen LogP contribution in [0, 0.1) is 0 Å². The van der Waals surface area contributed by atoms with E-state index in [1.54, 1.807) is 0 Å². The van der Waals surface area contributed by atoms with Crippen LogP contribution in [0.25, 0.3) is 0 Å². The fraction of sp³-hybridized carbons (Fsp3) is 0.429. The molecule has 86 valence electrons. The molecule has 0 unspecified atom stereocenters. The zero-order chi connectivity index (χ0) is 11.4. The Morgan fingerprint density at radius 2 is 2.19 bits per heavy atom. The van der Waals surface area contributed by atoms with E-state index < -0.39 is 5.79 Å². The lowest BCUT2D eigenvalue weighted by Gasteiger charge is -2.22. The lowest BCUT2D eigenvalue weighted by molar-refractivity contribution is -0.158. The van der Waals surface area contributed by atoms with Crippen LogP contribution in [0.4, 0.5) is 0 Å². The summed E-state index contributed by atoms with van der Waals surface area (Å²) in [5, 5.41) is 0. The maximum absolute atomic E-state index is 5.97. The summed E-state index contributed by atoms with van der Waals surface area (Å²) in [6, 6.07) is 10.2. The highest BCUT2D eigenvalue weighted by atomic mass is 16.7. The first kappa shape index (κ1) is 11.4. The summed E-state index contributed by atoms with van der Waals surface area (Å²) in [6.45, 7) is 6.35. The molecule has 1 aliphatic rings. The Balaban J connectivity index is 2.00. The molecule has 1 fully saturated rings. The Hall–Kier alpha value is -1.12. The first-order chi connectivity index (χ1) is 7.73. The molecule has 0 aromatic heterocycles. The third-order valence-corrected chi connectivity index (χ3v) is 2.91. The van der Waals surface area contributed by atoms with Crippen molar-refractivity contribution in [1.82, 2.24) is 0 Å². The van der Waals surface area contributed by atoms with Gasteiger partial charge in [-0.1, -0.05) is 36.4 Å². The van der Waals surface area contributed by atoms with Crippen molar-refractivity contribution in [3.8, 4) is 0 Å². The van der Waals surface area contributed by atoms with Gasteiger partial charge in [0.1, 0.15) is 6.10 Å². The van der Waals surface area contributed by atoms with E-state index in [2.05, 4.69) is 18.7 Å². The third-order valence-electron chi connectivity index (χ3n) is 2.91. The summed E-state index contributed by atoms with van der Waals surface area (Å²) in [5.41, 5.74) is 1.19. The second-order valence-electron chi connectivity index (χ2n) is 4.29. The van der Waals surface area contributed by atoms with E-state index in [-0.39, 0.29) is 6.10 Å². The van der Waals surface area contributed by atoms with E-state index in [1.165, 1.54) is 5.56 Å². The van der Waals surface area contributed by atoms with Gasteiger partial charge in [0.15, 0.2) is 5.79 Å². The maximum Gasteiger partial charge on any atom is 0.166 e. The second kappa shape index (κ2) is 4.81. The zero-order valence-corrected chi connectivity index (χ0v) is 9.69. The Morgan fingerprint density at radius 1 is 1.44 bits per heavy atom. The van der Waals surface area contributed by atoms with Crippen molar-refractivity contribution in [2.45, 2.75) is 31.7 Å². The highest BCUT2D eigenvalue weighted by Crippen LogP contribution is 2.35. The molecule has 16 heavy (non-hydrogen) atoms. The molecule has 0 bridgehead atoms. The Labute approximate surface area is 96.9 Å². The summed E-state index contributed by atoms with van der Waals surface area (Å²) in [4.78, 5) is 0. The fourth-order valence-corrected chi connectivity index (χ4v) is 1.95. The van der Waals surface area contributed by atoms with Gasteiger partial charge in [0.2, 0.25) is 0 Å². The highest BCUT2D eigenvalue weighted by Gasteiger charge is 2.36. The highest BCUT2D eigenvalue weighted by molar-refractivity contribution is 5.18. The first-order valence-corrected chi connectivity index (χ1v) is 5.71. The van der Waals surface area contributed by atoms with E-state index in [9.17, 15) is 0 Å². The van der Waals surface area contributed by atoms with E-state index in [0.717, 1.165) is 12.8 Å². The van der Waals surface area contributed by atoms with Gasteiger partial charge in [-0.2, -0.15) is 0 Å². The van der Waals surface area contributed by atoms with Crippen LogP contribution in [0.1, 0.15) is 31.4 Å². The molecular formula is C14H18O2. The molecular weight excluding hydrogens is 200 g/mol. The summed E-state index contributed by atoms with van der Waals surface area (Å²) >= 11 is 0. The number of allylic oxidation sites excluding steroid dienone is 1. The number of hydrogen-bond acceptors (Lipinski definition) is 2. The molecule has 2 atom stereocenters. The minimum absolute atomic E-state index is 0.0658. The van der Waals surface area contributed by atoms with Gasteiger partial charge < -0.3 is 9.47 Å². The van der Waals surface area contributed by atoms with Gasteiger partial charge in [0.25, 0.3) is 0 Å². The molecule has 2 heteroatoms. The SMILES string of the molecule is C=CCC[C@]1(C)OC[C@@H](c2ccccc2)O1. The molecule has 1 aromatic rings. The van der Waals surface area contributed by atoms with E-state index in [4.69, 9.17) is 9.47 Å². The van der Waals surface area contributed by atoms with Crippen LogP contribution in [-0.2, 0) is 9.47 Å². The maximum atomic E-state index is 5.97. The molecule has 1 heterocycles. The molecule has 0 spiro atoms. The van der Waals surface area contributed by atoms with Crippen LogP contribution in [-0.4, -0.2) is 12.4 Å². The average Bonchev–Trinajstić information content (AvgIpc) is 2.71. The van der Waals surface area contributed by atoms with Gasteiger partial charge in [-0.05, 0) is 18.9 Å². The van der Waals surface area contributed by atoms with Gasteiger partial charge in [-0.15, -0.1) is 6.58 Å². The Morgan fingerprint density at radius 3 is 2.88 bits per heavy atom. The van der Waals surface area contributed by atoms with Crippen molar-refractivity contribution >= 4 is 0 Å². The van der Waals surface area contributed by atoms with Crippen LogP contribution >= 0.6 is 0 Å². The normalized spacial score (nSPS) is 29.2. The average molecular weight is 218 g/mol. The van der Waals surface area contributed by atoms with Gasteiger partial charge in [0.05, 0.1) is 6.61 Å². The van der Waals surface area contributed by atoms with Crippen molar-refractivity contribution in [3.63, 3.8) is 0 Å². The van der Waals surface area contributed by atoms with Crippen molar-refractivity contribution in [1.29, 1.82) is 0 Å². The topological polar surface area (TPSA) is 18.5 Å². The molecule has 2 nitrogen and oxygen atoms in total. The second-order valence-corrected chi connectivity index (χ2v) is 4.29. The van der Waals surface area contributed by atoms with Crippen LogP contribution in [0.2, 0.25) is 0 Å². The predicted molar refractivity (Wildman–Crippen MR) is 64.1 cm³/mol. The van der Waals surface area contributed by atoms with Crippen LogP contribution < -0.4 is 0 Å². The quantitative estimate of drug-likeness (QED) is 0.720. The van der Waals surface area contributed by atoms with Crippen LogP contribution in [0.15, 0.2) is 43.0 Å².